The van der Waals surface area contributed by atoms with Crippen molar-refractivity contribution in [2.24, 2.45) is 0 Å². The van der Waals surface area contributed by atoms with E-state index in [2.05, 4.69) is 11.5 Å². The molecule has 2 heterocycles. The number of rotatable bonds is 9. The highest BCUT2D eigenvalue weighted by molar-refractivity contribution is 5.92. The lowest BCUT2D eigenvalue weighted by Crippen LogP contribution is -2.54. The fraction of sp³-hybridized carbons (Fsp3) is 0.321. The van der Waals surface area contributed by atoms with Crippen LogP contribution in [0.25, 0.3) is 23.1 Å². The van der Waals surface area contributed by atoms with Crippen LogP contribution in [0.15, 0.2) is 49.1 Å². The Hall–Kier alpha value is -3.98. The minimum Gasteiger partial charge on any atom is -0.494 e. The third-order valence-corrected chi connectivity index (χ3v) is 6.21. The predicted octanol–water partition coefficient (Wildman–Crippen LogP) is 4.20. The summed E-state index contributed by atoms with van der Waals surface area (Å²) in [6, 6.07) is 10.3. The summed E-state index contributed by atoms with van der Waals surface area (Å²) in [7, 11) is 3.06. The number of hydrogen-bond acceptors (Lipinski definition) is 7. The minimum absolute atomic E-state index is 0.0175. The number of carbonyl (C=O) groups excluding carboxylic acids is 1. The van der Waals surface area contributed by atoms with E-state index in [0.29, 0.717) is 44.4 Å². The smallest absolute Gasteiger partial charge is 0.246 e. The molecule has 0 unspecified atom stereocenters. The lowest BCUT2D eigenvalue weighted by atomic mass is 10.1. The zero-order chi connectivity index (χ0) is 26.4. The van der Waals surface area contributed by atoms with Gasteiger partial charge in [-0.15, -0.1) is 0 Å². The number of aromatic nitrogens is 2. The Labute approximate surface area is 216 Å². The lowest BCUT2D eigenvalue weighted by molar-refractivity contribution is -0.128. The quantitative estimate of drug-likeness (QED) is 0.318. The van der Waals surface area contributed by atoms with Gasteiger partial charge in [0.2, 0.25) is 5.91 Å². The molecule has 1 fully saturated rings. The molecule has 2 aromatic carbocycles. The highest BCUT2D eigenvalue weighted by Gasteiger charge is 2.28. The van der Waals surface area contributed by atoms with E-state index in [4.69, 9.17) is 24.2 Å². The molecule has 0 N–H and O–H groups in total. The second-order valence-electron chi connectivity index (χ2n) is 8.68. The average molecular weight is 507 g/mol. The van der Waals surface area contributed by atoms with Gasteiger partial charge in [-0.25, -0.2) is 14.4 Å². The van der Waals surface area contributed by atoms with Crippen LogP contribution in [0.1, 0.15) is 18.3 Å². The van der Waals surface area contributed by atoms with Crippen LogP contribution >= 0.6 is 0 Å². The first-order chi connectivity index (χ1) is 17.9. The fourth-order valence-electron chi connectivity index (χ4n) is 4.30. The fourth-order valence-corrected chi connectivity index (χ4v) is 4.30. The molecule has 0 spiro atoms. The van der Waals surface area contributed by atoms with Crippen molar-refractivity contribution in [3.05, 3.63) is 66.3 Å². The molecule has 3 aromatic rings. The van der Waals surface area contributed by atoms with Gasteiger partial charge in [0, 0.05) is 38.2 Å². The lowest BCUT2D eigenvalue weighted by Gasteiger charge is -2.40. The predicted molar refractivity (Wildman–Crippen MR) is 142 cm³/mol. The number of ether oxygens (including phenoxy) is 3. The maximum Gasteiger partial charge on any atom is 0.246 e. The van der Waals surface area contributed by atoms with Crippen molar-refractivity contribution < 1.29 is 23.4 Å². The van der Waals surface area contributed by atoms with Crippen LogP contribution in [0.2, 0.25) is 0 Å². The zero-order valence-electron chi connectivity index (χ0n) is 21.3. The largest absolute Gasteiger partial charge is 0.494 e. The van der Waals surface area contributed by atoms with Gasteiger partial charge in [0.25, 0.3) is 0 Å². The van der Waals surface area contributed by atoms with Crippen molar-refractivity contribution in [2.75, 3.05) is 52.0 Å². The summed E-state index contributed by atoms with van der Waals surface area (Å²) in [6.45, 7) is 8.32. The normalized spacial score (nSPS) is 15.8. The third-order valence-electron chi connectivity index (χ3n) is 6.21. The molecule has 0 saturated carbocycles. The molecule has 1 atom stereocenters. The SMILES string of the molecule is C=CC(=O)N1CCN(c2nc(/C=C/c3ccc(F)c(OC)c3)nc3ccc(OCCOC)cc23)C[C@@H]1C. The van der Waals surface area contributed by atoms with Crippen LogP contribution in [0.5, 0.6) is 11.5 Å². The molecular weight excluding hydrogens is 475 g/mol. The number of benzene rings is 2. The molecule has 1 amide bonds. The number of nitrogens with zero attached hydrogens (tertiary/aromatic N) is 4. The Morgan fingerprint density at radius 1 is 1.14 bits per heavy atom. The van der Waals surface area contributed by atoms with Crippen molar-refractivity contribution in [3.8, 4) is 11.5 Å². The van der Waals surface area contributed by atoms with Gasteiger partial charge < -0.3 is 24.0 Å². The van der Waals surface area contributed by atoms with Crippen LogP contribution in [0.3, 0.4) is 0 Å². The molecule has 9 heteroatoms. The van der Waals surface area contributed by atoms with E-state index < -0.39 is 5.82 Å². The van der Waals surface area contributed by atoms with E-state index in [1.807, 2.05) is 36.1 Å². The summed E-state index contributed by atoms with van der Waals surface area (Å²) in [5.74, 6) is 1.64. The molecule has 1 aliphatic heterocycles. The van der Waals surface area contributed by atoms with Gasteiger partial charge in [-0.05, 0) is 55.0 Å². The monoisotopic (exact) mass is 506 g/mol. The van der Waals surface area contributed by atoms with E-state index >= 15 is 0 Å². The number of hydrogen-bond donors (Lipinski definition) is 0. The Balaban J connectivity index is 1.70. The first kappa shape index (κ1) is 26.1. The topological polar surface area (TPSA) is 77.0 Å². The van der Waals surface area contributed by atoms with Gasteiger partial charge >= 0.3 is 0 Å². The number of fused-ring (bicyclic) bond motifs is 1. The average Bonchev–Trinajstić information content (AvgIpc) is 2.91. The van der Waals surface area contributed by atoms with Crippen molar-refractivity contribution in [1.82, 2.24) is 14.9 Å². The second kappa shape index (κ2) is 11.8. The number of halogens is 1. The van der Waals surface area contributed by atoms with Gasteiger partial charge in [-0.3, -0.25) is 4.79 Å². The number of piperazine rings is 1. The van der Waals surface area contributed by atoms with Crippen LogP contribution in [-0.2, 0) is 9.53 Å². The molecule has 8 nitrogen and oxygen atoms in total. The van der Waals surface area contributed by atoms with Gasteiger partial charge in [-0.2, -0.15) is 0 Å². The van der Waals surface area contributed by atoms with Gasteiger partial charge in [0.05, 0.1) is 19.2 Å². The molecule has 1 aromatic heterocycles. The molecule has 0 aliphatic carbocycles. The Morgan fingerprint density at radius 2 is 1.97 bits per heavy atom. The van der Waals surface area contributed by atoms with E-state index in [-0.39, 0.29) is 17.7 Å². The summed E-state index contributed by atoms with van der Waals surface area (Å²) in [5.41, 5.74) is 1.52. The number of carbonyl (C=O) groups is 1. The van der Waals surface area contributed by atoms with Crippen molar-refractivity contribution >= 4 is 34.8 Å². The van der Waals surface area contributed by atoms with Crippen molar-refractivity contribution in [2.45, 2.75) is 13.0 Å². The van der Waals surface area contributed by atoms with Crippen LogP contribution in [-0.4, -0.2) is 73.9 Å². The number of anilines is 1. The molecule has 4 rings (SSSR count). The Morgan fingerprint density at radius 3 is 2.70 bits per heavy atom. The summed E-state index contributed by atoms with van der Waals surface area (Å²) in [4.78, 5) is 25.8. The van der Waals surface area contributed by atoms with Crippen LogP contribution in [0.4, 0.5) is 10.2 Å². The highest BCUT2D eigenvalue weighted by atomic mass is 19.1. The van der Waals surface area contributed by atoms with E-state index in [1.165, 1.54) is 19.3 Å². The summed E-state index contributed by atoms with van der Waals surface area (Å²) in [6.07, 6.45) is 4.96. The molecule has 37 heavy (non-hydrogen) atoms. The molecular formula is C28H31FN4O4. The van der Waals surface area contributed by atoms with E-state index in [0.717, 1.165) is 22.3 Å². The van der Waals surface area contributed by atoms with Gasteiger partial charge in [0.15, 0.2) is 17.4 Å². The highest BCUT2D eigenvalue weighted by Crippen LogP contribution is 2.30. The Bertz CT molecular complexity index is 1310. The zero-order valence-corrected chi connectivity index (χ0v) is 21.3. The maximum absolute atomic E-state index is 13.8. The van der Waals surface area contributed by atoms with E-state index in [1.54, 1.807) is 25.3 Å². The summed E-state index contributed by atoms with van der Waals surface area (Å²) >= 11 is 0. The maximum atomic E-state index is 13.8. The summed E-state index contributed by atoms with van der Waals surface area (Å²) in [5, 5.41) is 0.853. The first-order valence-corrected chi connectivity index (χ1v) is 12.1. The molecule has 0 bridgehead atoms. The Kier molecular flexibility index (Phi) is 8.35. The molecule has 1 saturated heterocycles. The number of methoxy groups -OCH3 is 2. The second-order valence-corrected chi connectivity index (χ2v) is 8.68. The summed E-state index contributed by atoms with van der Waals surface area (Å²) < 4.78 is 29.8. The van der Waals surface area contributed by atoms with Crippen LogP contribution < -0.4 is 14.4 Å². The third kappa shape index (κ3) is 6.06. The van der Waals surface area contributed by atoms with Gasteiger partial charge in [0.1, 0.15) is 18.2 Å². The standard InChI is InChI=1S/C28H31FN4O4/c1-5-27(34)33-13-12-32(18-19(33)2)28-22-17-21(37-15-14-35-3)8-10-24(22)30-26(31-28)11-7-20-6-9-23(29)25(16-20)36-4/h5-11,16-17,19H,1,12-15,18H2,2-4H3/b11-7+/t19-/m0/s1. The molecule has 194 valence electrons. The molecule has 0 radical (unpaired) electrons. The first-order valence-electron chi connectivity index (χ1n) is 12.1. The number of amides is 1. The van der Waals surface area contributed by atoms with E-state index in [9.17, 15) is 9.18 Å². The van der Waals surface area contributed by atoms with Gasteiger partial charge in [-0.1, -0.05) is 18.7 Å². The minimum atomic E-state index is -0.421. The van der Waals surface area contributed by atoms with Crippen molar-refractivity contribution in [1.29, 1.82) is 0 Å². The van der Waals surface area contributed by atoms with Crippen LogP contribution in [0, 0.1) is 5.82 Å². The van der Waals surface area contributed by atoms with Crippen molar-refractivity contribution in [3.63, 3.8) is 0 Å². The molecule has 1 aliphatic rings.